The minimum atomic E-state index is -0.849. The van der Waals surface area contributed by atoms with Crippen LogP contribution in [-0.4, -0.2) is 0 Å². The number of rotatable bonds is 4. The molecule has 0 radical (unpaired) electrons. The van der Waals surface area contributed by atoms with Crippen LogP contribution in [0.5, 0.6) is 5.75 Å². The van der Waals surface area contributed by atoms with Crippen molar-refractivity contribution in [3.63, 3.8) is 0 Å². The van der Waals surface area contributed by atoms with Crippen molar-refractivity contribution in [3.05, 3.63) is 65.2 Å². The molecule has 0 aromatic heterocycles. The molecule has 0 N–H and O–H groups in total. The molecule has 0 aliphatic carbocycles. The Bertz CT molecular complexity index is 564. The molecular formula is C16H16F2O. The fourth-order valence-corrected chi connectivity index (χ4v) is 1.88. The van der Waals surface area contributed by atoms with E-state index < -0.39 is 11.6 Å². The second kappa shape index (κ2) is 5.83. The molecule has 0 unspecified atom stereocenters. The predicted octanol–water partition coefficient (Wildman–Crippen LogP) is 4.67. The molecule has 19 heavy (non-hydrogen) atoms. The molecule has 100 valence electrons. The van der Waals surface area contributed by atoms with Gasteiger partial charge in [0.15, 0.2) is 11.6 Å². The highest BCUT2D eigenvalue weighted by atomic mass is 19.2. The number of hydrogen-bond acceptors (Lipinski definition) is 1. The van der Waals surface area contributed by atoms with Crippen LogP contribution < -0.4 is 4.74 Å². The smallest absolute Gasteiger partial charge is 0.159 e. The van der Waals surface area contributed by atoms with Gasteiger partial charge in [0.1, 0.15) is 12.4 Å². The van der Waals surface area contributed by atoms with Gasteiger partial charge in [-0.05, 0) is 35.2 Å². The van der Waals surface area contributed by atoms with Crippen LogP contribution in [0.2, 0.25) is 0 Å². The molecule has 0 spiro atoms. The first-order valence-corrected chi connectivity index (χ1v) is 6.23. The Morgan fingerprint density at radius 2 is 1.74 bits per heavy atom. The molecule has 3 heteroatoms. The summed E-state index contributed by atoms with van der Waals surface area (Å²) in [5.41, 5.74) is 1.71. The summed E-state index contributed by atoms with van der Waals surface area (Å²) in [5, 5.41) is 0. The first kappa shape index (κ1) is 13.5. The van der Waals surface area contributed by atoms with Crippen molar-refractivity contribution in [3.8, 4) is 5.75 Å². The first-order chi connectivity index (χ1) is 9.08. The summed E-state index contributed by atoms with van der Waals surface area (Å²) in [5.74, 6) is -0.562. The van der Waals surface area contributed by atoms with E-state index in [0.29, 0.717) is 11.5 Å². The molecule has 0 aliphatic rings. The summed E-state index contributed by atoms with van der Waals surface area (Å²) < 4.78 is 31.6. The Labute approximate surface area is 111 Å². The zero-order valence-electron chi connectivity index (χ0n) is 11.0. The topological polar surface area (TPSA) is 9.23 Å². The van der Waals surface area contributed by atoms with E-state index in [1.165, 1.54) is 6.07 Å². The van der Waals surface area contributed by atoms with Crippen molar-refractivity contribution in [1.82, 2.24) is 0 Å². The number of benzene rings is 2. The summed E-state index contributed by atoms with van der Waals surface area (Å²) in [6.45, 7) is 4.39. The third-order valence-corrected chi connectivity index (χ3v) is 2.92. The van der Waals surface area contributed by atoms with Crippen molar-refractivity contribution < 1.29 is 13.5 Å². The second-order valence-electron chi connectivity index (χ2n) is 4.73. The molecule has 0 bridgehead atoms. The highest BCUT2D eigenvalue weighted by Crippen LogP contribution is 2.26. The van der Waals surface area contributed by atoms with E-state index in [1.54, 1.807) is 0 Å². The maximum absolute atomic E-state index is 13.1. The van der Waals surface area contributed by atoms with Gasteiger partial charge in [-0.25, -0.2) is 8.78 Å². The van der Waals surface area contributed by atoms with Crippen LogP contribution in [0.4, 0.5) is 8.78 Å². The average molecular weight is 262 g/mol. The number of hydrogen-bond donors (Lipinski definition) is 0. The van der Waals surface area contributed by atoms with E-state index in [9.17, 15) is 8.78 Å². The van der Waals surface area contributed by atoms with Gasteiger partial charge in [0.2, 0.25) is 0 Å². The lowest BCUT2D eigenvalue weighted by atomic mass is 10.0. The molecule has 0 fully saturated rings. The van der Waals surface area contributed by atoms with Crippen LogP contribution in [0, 0.1) is 11.6 Å². The molecule has 2 aromatic carbocycles. The lowest BCUT2D eigenvalue weighted by Crippen LogP contribution is -2.00. The number of ether oxygens (including phenoxy) is 1. The van der Waals surface area contributed by atoms with Crippen molar-refractivity contribution in [1.29, 1.82) is 0 Å². The number of para-hydroxylation sites is 1. The van der Waals surface area contributed by atoms with Gasteiger partial charge < -0.3 is 4.74 Å². The van der Waals surface area contributed by atoms with Crippen LogP contribution in [0.15, 0.2) is 42.5 Å². The van der Waals surface area contributed by atoms with E-state index in [1.807, 2.05) is 24.3 Å². The normalized spacial score (nSPS) is 10.8. The van der Waals surface area contributed by atoms with Gasteiger partial charge in [-0.3, -0.25) is 0 Å². The quantitative estimate of drug-likeness (QED) is 0.778. The Hall–Kier alpha value is -1.90. The molecule has 0 amide bonds. The Kier molecular flexibility index (Phi) is 4.15. The molecule has 2 rings (SSSR count). The fourth-order valence-electron chi connectivity index (χ4n) is 1.88. The molecule has 0 heterocycles. The van der Waals surface area contributed by atoms with Crippen molar-refractivity contribution in [2.45, 2.75) is 26.4 Å². The fraction of sp³-hybridized carbons (Fsp3) is 0.250. The van der Waals surface area contributed by atoms with E-state index in [4.69, 9.17) is 4.74 Å². The van der Waals surface area contributed by atoms with E-state index in [2.05, 4.69) is 13.8 Å². The standard InChI is InChI=1S/C16H16F2O/c1-11(2)13-5-3-4-6-16(13)19-10-12-7-8-14(17)15(18)9-12/h3-9,11H,10H2,1-2H3. The molecule has 0 aliphatic heterocycles. The Balaban J connectivity index is 2.12. The maximum Gasteiger partial charge on any atom is 0.159 e. The zero-order valence-corrected chi connectivity index (χ0v) is 11.0. The third kappa shape index (κ3) is 3.31. The van der Waals surface area contributed by atoms with Gasteiger partial charge in [0, 0.05) is 0 Å². The maximum atomic E-state index is 13.1. The van der Waals surface area contributed by atoms with Crippen LogP contribution in [0.25, 0.3) is 0 Å². The highest BCUT2D eigenvalue weighted by molar-refractivity contribution is 5.35. The first-order valence-electron chi connectivity index (χ1n) is 6.23. The number of halogens is 2. The zero-order chi connectivity index (χ0) is 13.8. The molecule has 1 nitrogen and oxygen atoms in total. The van der Waals surface area contributed by atoms with Crippen LogP contribution in [-0.2, 0) is 6.61 Å². The molecular weight excluding hydrogens is 246 g/mol. The van der Waals surface area contributed by atoms with Crippen LogP contribution >= 0.6 is 0 Å². The summed E-state index contributed by atoms with van der Waals surface area (Å²) in [6.07, 6.45) is 0. The van der Waals surface area contributed by atoms with Crippen molar-refractivity contribution >= 4 is 0 Å². The summed E-state index contributed by atoms with van der Waals surface area (Å²) in [6, 6.07) is 11.5. The lowest BCUT2D eigenvalue weighted by molar-refractivity contribution is 0.300. The molecule has 0 atom stereocenters. The monoisotopic (exact) mass is 262 g/mol. The van der Waals surface area contributed by atoms with E-state index in [-0.39, 0.29) is 6.61 Å². The lowest BCUT2D eigenvalue weighted by Gasteiger charge is -2.13. The average Bonchev–Trinajstić information content (AvgIpc) is 2.40. The van der Waals surface area contributed by atoms with Gasteiger partial charge >= 0.3 is 0 Å². The summed E-state index contributed by atoms with van der Waals surface area (Å²) in [7, 11) is 0. The largest absolute Gasteiger partial charge is 0.489 e. The van der Waals surface area contributed by atoms with Gasteiger partial charge in [-0.2, -0.15) is 0 Å². The molecule has 0 saturated heterocycles. The molecule has 0 saturated carbocycles. The summed E-state index contributed by atoms with van der Waals surface area (Å²) in [4.78, 5) is 0. The Morgan fingerprint density at radius 3 is 2.42 bits per heavy atom. The minimum absolute atomic E-state index is 0.223. The Morgan fingerprint density at radius 1 is 1.00 bits per heavy atom. The van der Waals surface area contributed by atoms with Gasteiger partial charge in [0.05, 0.1) is 0 Å². The van der Waals surface area contributed by atoms with E-state index in [0.717, 1.165) is 23.4 Å². The summed E-state index contributed by atoms with van der Waals surface area (Å²) >= 11 is 0. The van der Waals surface area contributed by atoms with Gasteiger partial charge in [0.25, 0.3) is 0 Å². The molecule has 2 aromatic rings. The highest BCUT2D eigenvalue weighted by Gasteiger charge is 2.08. The van der Waals surface area contributed by atoms with Crippen molar-refractivity contribution in [2.75, 3.05) is 0 Å². The minimum Gasteiger partial charge on any atom is -0.489 e. The second-order valence-corrected chi connectivity index (χ2v) is 4.73. The van der Waals surface area contributed by atoms with E-state index >= 15 is 0 Å². The van der Waals surface area contributed by atoms with Gasteiger partial charge in [-0.15, -0.1) is 0 Å². The van der Waals surface area contributed by atoms with Gasteiger partial charge in [-0.1, -0.05) is 38.1 Å². The third-order valence-electron chi connectivity index (χ3n) is 2.92. The van der Waals surface area contributed by atoms with Crippen LogP contribution in [0.3, 0.4) is 0 Å². The predicted molar refractivity (Wildman–Crippen MR) is 71.2 cm³/mol. The van der Waals surface area contributed by atoms with Crippen molar-refractivity contribution in [2.24, 2.45) is 0 Å². The SMILES string of the molecule is CC(C)c1ccccc1OCc1ccc(F)c(F)c1. The van der Waals surface area contributed by atoms with Crippen LogP contribution in [0.1, 0.15) is 30.9 Å².